The molecule has 0 amide bonds. The number of hydrogen-bond donors (Lipinski definition) is 0. The van der Waals surface area contributed by atoms with Crippen LogP contribution in [-0.4, -0.2) is 24.0 Å². The average Bonchev–Trinajstić information content (AvgIpc) is 2.30. The maximum absolute atomic E-state index is 5.88. The molecule has 2 rings (SSSR count). The summed E-state index contributed by atoms with van der Waals surface area (Å²) in [5.41, 5.74) is 2.60. The van der Waals surface area contributed by atoms with Crippen LogP contribution in [-0.2, 0) is 0 Å². The number of hydrogen-bond acceptors (Lipinski definition) is 2. The number of aromatic nitrogens is 1. The number of anilines is 1. The molecule has 1 fully saturated rings. The van der Waals surface area contributed by atoms with Crippen molar-refractivity contribution in [2.75, 3.05) is 23.9 Å². The molecule has 0 saturated carbocycles. The van der Waals surface area contributed by atoms with Crippen LogP contribution in [0.2, 0.25) is 0 Å². The van der Waals surface area contributed by atoms with Gasteiger partial charge in [0, 0.05) is 37.1 Å². The smallest absolute Gasteiger partial charge is 0.0426 e. The minimum Gasteiger partial charge on any atom is -0.371 e. The molecule has 0 bridgehead atoms. The second-order valence-electron chi connectivity index (χ2n) is 4.25. The first kappa shape index (κ1) is 10.7. The summed E-state index contributed by atoms with van der Waals surface area (Å²) in [5.74, 6) is 1.52. The zero-order valence-electron chi connectivity index (χ0n) is 9.12. The quantitative estimate of drug-likeness (QED) is 0.719. The fourth-order valence-electron chi connectivity index (χ4n) is 2.15. The van der Waals surface area contributed by atoms with E-state index in [-0.39, 0.29) is 0 Å². The second kappa shape index (κ2) is 4.84. The fourth-order valence-corrected chi connectivity index (χ4v) is 2.46. The largest absolute Gasteiger partial charge is 0.371 e. The summed E-state index contributed by atoms with van der Waals surface area (Å²) in [6, 6.07) is 2.11. The maximum atomic E-state index is 5.88. The average molecular weight is 225 g/mol. The first-order chi connectivity index (χ1) is 7.31. The minimum absolute atomic E-state index is 0.713. The molecule has 1 aliphatic heterocycles. The lowest BCUT2D eigenvalue weighted by atomic mass is 9.98. The van der Waals surface area contributed by atoms with Crippen LogP contribution >= 0.6 is 11.6 Å². The highest BCUT2D eigenvalue weighted by atomic mass is 35.5. The van der Waals surface area contributed by atoms with Crippen molar-refractivity contribution < 1.29 is 0 Å². The number of rotatable bonds is 2. The standard InChI is InChI=1S/C12H17ClN2/c1-10-9-14-5-2-12(10)15-6-3-11(8-13)4-7-15/h2,5,9,11H,3-4,6-8H2,1H3. The van der Waals surface area contributed by atoms with Crippen LogP contribution in [0.4, 0.5) is 5.69 Å². The Morgan fingerprint density at radius 3 is 2.80 bits per heavy atom. The molecule has 15 heavy (non-hydrogen) atoms. The molecule has 0 N–H and O–H groups in total. The van der Waals surface area contributed by atoms with Crippen LogP contribution in [0.3, 0.4) is 0 Å². The van der Waals surface area contributed by atoms with Crippen molar-refractivity contribution in [3.8, 4) is 0 Å². The fraction of sp³-hybridized carbons (Fsp3) is 0.583. The Hall–Kier alpha value is -0.760. The molecule has 0 aliphatic carbocycles. The van der Waals surface area contributed by atoms with E-state index in [0.29, 0.717) is 5.92 Å². The van der Waals surface area contributed by atoms with Gasteiger partial charge in [-0.15, -0.1) is 11.6 Å². The Morgan fingerprint density at radius 1 is 1.47 bits per heavy atom. The second-order valence-corrected chi connectivity index (χ2v) is 4.56. The van der Waals surface area contributed by atoms with Gasteiger partial charge in [0.1, 0.15) is 0 Å². The molecule has 0 spiro atoms. The molecule has 0 atom stereocenters. The zero-order valence-corrected chi connectivity index (χ0v) is 9.87. The van der Waals surface area contributed by atoms with Crippen molar-refractivity contribution in [1.29, 1.82) is 0 Å². The molecule has 1 aromatic rings. The van der Waals surface area contributed by atoms with Gasteiger partial charge in [-0.05, 0) is 37.3 Å². The van der Waals surface area contributed by atoms with Crippen molar-refractivity contribution >= 4 is 17.3 Å². The van der Waals surface area contributed by atoms with E-state index in [1.54, 1.807) is 0 Å². The maximum Gasteiger partial charge on any atom is 0.0426 e. The highest BCUT2D eigenvalue weighted by molar-refractivity contribution is 6.18. The topological polar surface area (TPSA) is 16.1 Å². The lowest BCUT2D eigenvalue weighted by Gasteiger charge is -2.33. The summed E-state index contributed by atoms with van der Waals surface area (Å²) >= 11 is 5.88. The molecule has 2 heterocycles. The summed E-state index contributed by atoms with van der Waals surface area (Å²) in [7, 11) is 0. The summed E-state index contributed by atoms with van der Waals surface area (Å²) in [6.45, 7) is 4.38. The Labute approximate surface area is 96.3 Å². The van der Waals surface area contributed by atoms with Crippen LogP contribution in [0.15, 0.2) is 18.5 Å². The summed E-state index contributed by atoms with van der Waals surface area (Å²) in [4.78, 5) is 6.57. The molecule has 82 valence electrons. The van der Waals surface area contributed by atoms with Gasteiger partial charge < -0.3 is 4.90 Å². The zero-order chi connectivity index (χ0) is 10.7. The summed E-state index contributed by atoms with van der Waals surface area (Å²) in [5, 5.41) is 0. The van der Waals surface area contributed by atoms with Crippen LogP contribution in [0, 0.1) is 12.8 Å². The third-order valence-corrected chi connectivity index (χ3v) is 3.60. The van der Waals surface area contributed by atoms with E-state index in [1.165, 1.54) is 24.1 Å². The van der Waals surface area contributed by atoms with Gasteiger partial charge in [0.15, 0.2) is 0 Å². The van der Waals surface area contributed by atoms with Crippen LogP contribution in [0.5, 0.6) is 0 Å². The van der Waals surface area contributed by atoms with Gasteiger partial charge in [0.25, 0.3) is 0 Å². The number of aryl methyl sites for hydroxylation is 1. The lowest BCUT2D eigenvalue weighted by molar-refractivity contribution is 0.442. The molecule has 1 saturated heterocycles. The SMILES string of the molecule is Cc1cnccc1N1CCC(CCl)CC1. The van der Waals surface area contributed by atoms with Crippen molar-refractivity contribution in [3.05, 3.63) is 24.0 Å². The highest BCUT2D eigenvalue weighted by Crippen LogP contribution is 2.25. The van der Waals surface area contributed by atoms with Gasteiger partial charge in [-0.3, -0.25) is 4.98 Å². The molecule has 0 radical (unpaired) electrons. The molecule has 1 aromatic heterocycles. The molecule has 0 aromatic carbocycles. The van der Waals surface area contributed by atoms with E-state index in [1.807, 2.05) is 12.4 Å². The van der Waals surface area contributed by atoms with Gasteiger partial charge >= 0.3 is 0 Å². The monoisotopic (exact) mass is 224 g/mol. The molecule has 1 aliphatic rings. The van der Waals surface area contributed by atoms with Gasteiger partial charge in [-0.25, -0.2) is 0 Å². The van der Waals surface area contributed by atoms with E-state index in [9.17, 15) is 0 Å². The van der Waals surface area contributed by atoms with Gasteiger partial charge in [0.2, 0.25) is 0 Å². The Kier molecular flexibility index (Phi) is 3.47. The van der Waals surface area contributed by atoms with E-state index in [2.05, 4.69) is 22.9 Å². The molecular formula is C12H17ClN2. The summed E-state index contributed by atoms with van der Waals surface area (Å²) < 4.78 is 0. The van der Waals surface area contributed by atoms with Crippen molar-refractivity contribution in [1.82, 2.24) is 4.98 Å². The van der Waals surface area contributed by atoms with Crippen molar-refractivity contribution in [3.63, 3.8) is 0 Å². The number of piperidine rings is 1. The first-order valence-corrected chi connectivity index (χ1v) is 6.06. The van der Waals surface area contributed by atoms with E-state index < -0.39 is 0 Å². The van der Waals surface area contributed by atoms with Gasteiger partial charge in [0.05, 0.1) is 0 Å². The lowest BCUT2D eigenvalue weighted by Crippen LogP contribution is -2.34. The first-order valence-electron chi connectivity index (χ1n) is 5.53. The van der Waals surface area contributed by atoms with Gasteiger partial charge in [-0.1, -0.05) is 0 Å². The van der Waals surface area contributed by atoms with Crippen LogP contribution in [0.1, 0.15) is 18.4 Å². The minimum atomic E-state index is 0.713. The predicted octanol–water partition coefficient (Wildman–Crippen LogP) is 2.85. The van der Waals surface area contributed by atoms with E-state index >= 15 is 0 Å². The predicted molar refractivity (Wildman–Crippen MR) is 64.6 cm³/mol. The third kappa shape index (κ3) is 2.43. The normalized spacial score (nSPS) is 18.1. The number of nitrogens with zero attached hydrogens (tertiary/aromatic N) is 2. The van der Waals surface area contributed by atoms with Crippen molar-refractivity contribution in [2.45, 2.75) is 19.8 Å². The number of alkyl halides is 1. The van der Waals surface area contributed by atoms with Crippen LogP contribution < -0.4 is 4.90 Å². The third-order valence-electron chi connectivity index (χ3n) is 3.16. The molecular weight excluding hydrogens is 208 g/mol. The van der Waals surface area contributed by atoms with Crippen molar-refractivity contribution in [2.24, 2.45) is 5.92 Å². The number of halogens is 1. The Bertz CT molecular complexity index is 319. The van der Waals surface area contributed by atoms with E-state index in [4.69, 9.17) is 11.6 Å². The molecule has 3 heteroatoms. The Morgan fingerprint density at radius 2 is 2.20 bits per heavy atom. The molecule has 0 unspecified atom stereocenters. The Balaban J connectivity index is 2.04. The highest BCUT2D eigenvalue weighted by Gasteiger charge is 2.19. The molecule has 2 nitrogen and oxygen atoms in total. The van der Waals surface area contributed by atoms with Gasteiger partial charge in [-0.2, -0.15) is 0 Å². The van der Waals surface area contributed by atoms with Crippen LogP contribution in [0.25, 0.3) is 0 Å². The number of pyridine rings is 1. The summed E-state index contributed by atoms with van der Waals surface area (Å²) in [6.07, 6.45) is 6.23. The van der Waals surface area contributed by atoms with E-state index in [0.717, 1.165) is 19.0 Å².